The van der Waals surface area contributed by atoms with Crippen molar-refractivity contribution in [2.45, 2.75) is 58.7 Å². The summed E-state index contributed by atoms with van der Waals surface area (Å²) in [6, 6.07) is 8.27. The van der Waals surface area contributed by atoms with Crippen molar-refractivity contribution in [2.75, 3.05) is 7.11 Å². The number of hydrogen-bond donors (Lipinski definition) is 0. The maximum atomic E-state index is 6.26. The number of benzene rings is 1. The van der Waals surface area contributed by atoms with Crippen molar-refractivity contribution in [1.82, 2.24) is 0 Å². The molecule has 2 nitrogen and oxygen atoms in total. The number of rotatable bonds is 6. The summed E-state index contributed by atoms with van der Waals surface area (Å²) in [6.45, 7) is 13.5. The van der Waals surface area contributed by atoms with E-state index in [0.717, 1.165) is 24.4 Å². The zero-order valence-electron chi connectivity index (χ0n) is 14.6. The molecule has 0 N–H and O–H groups in total. The normalized spacial score (nSPS) is 13.2. The second-order valence-electron chi connectivity index (χ2n) is 7.06. The van der Waals surface area contributed by atoms with E-state index in [0.29, 0.717) is 0 Å². The second kappa shape index (κ2) is 7.17. The van der Waals surface area contributed by atoms with Gasteiger partial charge in [-0.05, 0) is 61.7 Å². The quantitative estimate of drug-likeness (QED) is 0.506. The molecular formula is C18H30O2Si. The van der Waals surface area contributed by atoms with Crippen molar-refractivity contribution >= 4 is 8.32 Å². The minimum absolute atomic E-state index is 0.248. The molecule has 0 unspecified atom stereocenters. The summed E-state index contributed by atoms with van der Waals surface area (Å²) in [5, 5.41) is 0.248. The third-order valence-electron chi connectivity index (χ3n) is 4.25. The number of methoxy groups -OCH3 is 1. The fraction of sp³-hybridized carbons (Fsp3) is 0.556. The largest absolute Gasteiger partial charge is 0.547 e. The predicted molar refractivity (Wildman–Crippen MR) is 93.4 cm³/mol. The van der Waals surface area contributed by atoms with E-state index in [1.807, 2.05) is 12.1 Å². The Hall–Kier alpha value is -1.22. The third-order valence-corrected chi connectivity index (χ3v) is 8.69. The fourth-order valence-corrected chi connectivity index (χ4v) is 3.03. The Balaban J connectivity index is 2.52. The smallest absolute Gasteiger partial charge is 0.250 e. The molecule has 0 aliphatic rings. The van der Waals surface area contributed by atoms with E-state index in [2.05, 4.69) is 59.0 Å². The molecule has 0 amide bonds. The van der Waals surface area contributed by atoms with Crippen LogP contribution in [0.2, 0.25) is 18.1 Å². The van der Waals surface area contributed by atoms with Crippen LogP contribution in [0.15, 0.2) is 36.1 Å². The minimum Gasteiger partial charge on any atom is -0.547 e. The Morgan fingerprint density at radius 2 is 1.71 bits per heavy atom. The van der Waals surface area contributed by atoms with E-state index >= 15 is 0 Å². The molecule has 1 rings (SSSR count). The number of ether oxygens (including phenoxy) is 1. The Morgan fingerprint density at radius 1 is 1.14 bits per heavy atom. The summed E-state index contributed by atoms with van der Waals surface area (Å²) >= 11 is 0. The van der Waals surface area contributed by atoms with Gasteiger partial charge in [0.15, 0.2) is 0 Å². The number of aryl methyl sites for hydroxylation is 1. The van der Waals surface area contributed by atoms with Crippen molar-refractivity contribution < 1.29 is 9.16 Å². The molecule has 0 heterocycles. The standard InChI is InChI=1S/C18H30O2Si/c1-15(20-21(6,7)18(2,3)4)9-8-10-16-11-13-17(19-5)14-12-16/h9,11-14H,8,10H2,1-7H3. The van der Waals surface area contributed by atoms with E-state index in [-0.39, 0.29) is 5.04 Å². The number of allylic oxidation sites excluding steroid dienone is 2. The first kappa shape index (κ1) is 17.8. The van der Waals surface area contributed by atoms with Crippen molar-refractivity contribution in [3.05, 3.63) is 41.7 Å². The van der Waals surface area contributed by atoms with Gasteiger partial charge >= 0.3 is 0 Å². The number of hydrogen-bond acceptors (Lipinski definition) is 2. The van der Waals surface area contributed by atoms with Crippen LogP contribution in [0.1, 0.15) is 39.7 Å². The van der Waals surface area contributed by atoms with Gasteiger partial charge in [-0.2, -0.15) is 0 Å². The van der Waals surface area contributed by atoms with E-state index in [1.165, 1.54) is 5.56 Å². The summed E-state index contributed by atoms with van der Waals surface area (Å²) in [5.74, 6) is 1.97. The zero-order valence-corrected chi connectivity index (χ0v) is 15.6. The summed E-state index contributed by atoms with van der Waals surface area (Å²) in [5.41, 5.74) is 1.33. The van der Waals surface area contributed by atoms with E-state index in [4.69, 9.17) is 9.16 Å². The highest BCUT2D eigenvalue weighted by Gasteiger charge is 2.38. The first-order chi connectivity index (χ1) is 9.65. The molecule has 0 aromatic heterocycles. The summed E-state index contributed by atoms with van der Waals surface area (Å²) in [6.07, 6.45) is 4.25. The molecule has 21 heavy (non-hydrogen) atoms. The molecule has 1 aromatic rings. The van der Waals surface area contributed by atoms with Gasteiger partial charge in [0, 0.05) is 0 Å². The van der Waals surface area contributed by atoms with Crippen molar-refractivity contribution in [3.63, 3.8) is 0 Å². The molecule has 118 valence electrons. The highest BCUT2D eigenvalue weighted by molar-refractivity contribution is 6.74. The average molecular weight is 307 g/mol. The summed E-state index contributed by atoms with van der Waals surface area (Å²) in [7, 11) is -0.000711. The maximum Gasteiger partial charge on any atom is 0.250 e. The predicted octanol–water partition coefficient (Wildman–Crippen LogP) is 5.55. The van der Waals surface area contributed by atoms with Crippen LogP contribution in [0.25, 0.3) is 0 Å². The molecule has 0 saturated heterocycles. The van der Waals surface area contributed by atoms with E-state index in [9.17, 15) is 0 Å². The Kier molecular flexibility index (Phi) is 6.08. The molecule has 0 radical (unpaired) electrons. The van der Waals surface area contributed by atoms with Gasteiger partial charge in [0.05, 0.1) is 12.9 Å². The molecule has 0 aliphatic carbocycles. The minimum atomic E-state index is -1.69. The van der Waals surface area contributed by atoms with Gasteiger partial charge in [-0.25, -0.2) is 0 Å². The van der Waals surface area contributed by atoms with Crippen LogP contribution in [-0.4, -0.2) is 15.4 Å². The molecule has 0 bridgehead atoms. The van der Waals surface area contributed by atoms with Gasteiger partial charge in [0.1, 0.15) is 5.75 Å². The van der Waals surface area contributed by atoms with Crippen LogP contribution >= 0.6 is 0 Å². The van der Waals surface area contributed by atoms with Gasteiger partial charge < -0.3 is 9.16 Å². The molecule has 0 saturated carbocycles. The SMILES string of the molecule is COc1ccc(CCC=C(C)O[Si](C)(C)C(C)(C)C)cc1. The average Bonchev–Trinajstić information content (AvgIpc) is 2.37. The monoisotopic (exact) mass is 306 g/mol. The first-order valence-corrected chi connectivity index (χ1v) is 10.6. The molecule has 0 fully saturated rings. The molecule has 0 atom stereocenters. The van der Waals surface area contributed by atoms with Crippen LogP contribution in [0.3, 0.4) is 0 Å². The fourth-order valence-electron chi connectivity index (χ4n) is 1.83. The lowest BCUT2D eigenvalue weighted by atomic mass is 10.1. The highest BCUT2D eigenvalue weighted by atomic mass is 28.4. The molecule has 1 aromatic carbocycles. The van der Waals surface area contributed by atoms with E-state index < -0.39 is 8.32 Å². The van der Waals surface area contributed by atoms with Gasteiger partial charge in [0.2, 0.25) is 8.32 Å². The van der Waals surface area contributed by atoms with Crippen LogP contribution in [0, 0.1) is 0 Å². The lowest BCUT2D eigenvalue weighted by Crippen LogP contribution is -2.40. The maximum absolute atomic E-state index is 6.26. The summed E-state index contributed by atoms with van der Waals surface area (Å²) < 4.78 is 11.4. The van der Waals surface area contributed by atoms with Crippen molar-refractivity contribution in [3.8, 4) is 5.75 Å². The molecule has 0 aliphatic heterocycles. The van der Waals surface area contributed by atoms with E-state index in [1.54, 1.807) is 7.11 Å². The van der Waals surface area contributed by atoms with Gasteiger partial charge in [-0.1, -0.05) is 32.9 Å². The second-order valence-corrected chi connectivity index (χ2v) is 11.8. The molecule has 0 spiro atoms. The Labute approximate surface area is 131 Å². The van der Waals surface area contributed by atoms with Gasteiger partial charge in [-0.3, -0.25) is 0 Å². The van der Waals surface area contributed by atoms with Crippen molar-refractivity contribution in [1.29, 1.82) is 0 Å². The lowest BCUT2D eigenvalue weighted by molar-refractivity contribution is 0.384. The van der Waals surface area contributed by atoms with Gasteiger partial charge in [-0.15, -0.1) is 0 Å². The van der Waals surface area contributed by atoms with Crippen LogP contribution in [0.4, 0.5) is 0 Å². The van der Waals surface area contributed by atoms with Gasteiger partial charge in [0.25, 0.3) is 0 Å². The lowest BCUT2D eigenvalue weighted by Gasteiger charge is -2.36. The van der Waals surface area contributed by atoms with Crippen LogP contribution in [0.5, 0.6) is 5.75 Å². The topological polar surface area (TPSA) is 18.5 Å². The van der Waals surface area contributed by atoms with Crippen LogP contribution < -0.4 is 4.74 Å². The third kappa shape index (κ3) is 5.58. The van der Waals surface area contributed by atoms with Crippen LogP contribution in [-0.2, 0) is 10.8 Å². The zero-order chi connectivity index (χ0) is 16.1. The van der Waals surface area contributed by atoms with Crippen molar-refractivity contribution in [2.24, 2.45) is 0 Å². The molecule has 3 heteroatoms. The first-order valence-electron chi connectivity index (χ1n) is 7.64. The Bertz CT molecular complexity index is 467. The molecular weight excluding hydrogens is 276 g/mol. The Morgan fingerprint density at radius 3 is 2.19 bits per heavy atom. The summed E-state index contributed by atoms with van der Waals surface area (Å²) in [4.78, 5) is 0. The highest BCUT2D eigenvalue weighted by Crippen LogP contribution is 2.37.